The lowest BCUT2D eigenvalue weighted by atomic mass is 10.2. The molecule has 5 heteroatoms. The number of hydrogen-bond donors (Lipinski definition) is 1. The van der Waals surface area contributed by atoms with Crippen LogP contribution in [0.3, 0.4) is 0 Å². The van der Waals surface area contributed by atoms with Crippen LogP contribution in [0.25, 0.3) is 0 Å². The van der Waals surface area contributed by atoms with Crippen LogP contribution in [-0.4, -0.2) is 18.5 Å². The number of benzene rings is 2. The summed E-state index contributed by atoms with van der Waals surface area (Å²) in [6.45, 7) is 0.333. The Morgan fingerprint density at radius 3 is 2.36 bits per heavy atom. The van der Waals surface area contributed by atoms with Crippen molar-refractivity contribution in [2.24, 2.45) is 0 Å². The number of nitrogens with one attached hydrogen (secondary N) is 1. The maximum absolute atomic E-state index is 12.0. The molecule has 0 radical (unpaired) electrons. The van der Waals surface area contributed by atoms with Gasteiger partial charge in [0.2, 0.25) is 0 Å². The molecule has 4 nitrogen and oxygen atoms in total. The van der Waals surface area contributed by atoms with Gasteiger partial charge in [0.15, 0.2) is 0 Å². The SMILES string of the molecule is O=C(OCCc1ccccc1)c1ccc(NC(=O)c2cccs2)cc1. The highest BCUT2D eigenvalue weighted by atomic mass is 32.1. The van der Waals surface area contributed by atoms with E-state index in [0.29, 0.717) is 29.2 Å². The monoisotopic (exact) mass is 351 g/mol. The lowest BCUT2D eigenvalue weighted by molar-refractivity contribution is 0.0509. The molecular formula is C20H17NO3S. The number of rotatable bonds is 6. The molecule has 0 aliphatic rings. The van der Waals surface area contributed by atoms with Crippen LogP contribution in [-0.2, 0) is 11.2 Å². The van der Waals surface area contributed by atoms with Crippen LogP contribution in [0.5, 0.6) is 0 Å². The summed E-state index contributed by atoms with van der Waals surface area (Å²) < 4.78 is 5.29. The molecule has 0 unspecified atom stereocenters. The smallest absolute Gasteiger partial charge is 0.338 e. The van der Waals surface area contributed by atoms with Gasteiger partial charge in [0.05, 0.1) is 17.0 Å². The highest BCUT2D eigenvalue weighted by Crippen LogP contribution is 2.15. The normalized spacial score (nSPS) is 10.2. The van der Waals surface area contributed by atoms with Crippen LogP contribution in [0.1, 0.15) is 25.6 Å². The molecule has 0 atom stereocenters. The minimum atomic E-state index is -0.368. The first-order valence-corrected chi connectivity index (χ1v) is 8.76. The fourth-order valence-electron chi connectivity index (χ4n) is 2.28. The Labute approximate surface area is 150 Å². The quantitative estimate of drug-likeness (QED) is 0.670. The molecule has 3 rings (SSSR count). The van der Waals surface area contributed by atoms with Gasteiger partial charge in [-0.2, -0.15) is 0 Å². The van der Waals surface area contributed by atoms with Crippen molar-refractivity contribution in [3.05, 3.63) is 88.1 Å². The molecule has 25 heavy (non-hydrogen) atoms. The Balaban J connectivity index is 1.51. The molecule has 0 saturated heterocycles. The van der Waals surface area contributed by atoms with E-state index in [4.69, 9.17) is 4.74 Å². The van der Waals surface area contributed by atoms with Gasteiger partial charge in [-0.3, -0.25) is 4.79 Å². The summed E-state index contributed by atoms with van der Waals surface area (Å²) in [5, 5.41) is 4.65. The summed E-state index contributed by atoms with van der Waals surface area (Å²) in [5.41, 5.74) is 2.23. The standard InChI is InChI=1S/C20H17NO3S/c22-19(18-7-4-14-25-18)21-17-10-8-16(9-11-17)20(23)24-13-12-15-5-2-1-3-6-15/h1-11,14H,12-13H2,(H,21,22). The van der Waals surface area contributed by atoms with E-state index in [1.54, 1.807) is 30.3 Å². The van der Waals surface area contributed by atoms with Crippen molar-refractivity contribution in [1.82, 2.24) is 0 Å². The van der Waals surface area contributed by atoms with Gasteiger partial charge in [0, 0.05) is 12.1 Å². The predicted molar refractivity (Wildman–Crippen MR) is 99.1 cm³/mol. The molecule has 0 saturated carbocycles. The van der Waals surface area contributed by atoms with Crippen molar-refractivity contribution >= 4 is 28.9 Å². The van der Waals surface area contributed by atoms with E-state index in [2.05, 4.69) is 5.32 Å². The zero-order valence-electron chi connectivity index (χ0n) is 13.5. The van der Waals surface area contributed by atoms with E-state index < -0.39 is 0 Å². The minimum Gasteiger partial charge on any atom is -0.462 e. The van der Waals surface area contributed by atoms with Crippen molar-refractivity contribution in [1.29, 1.82) is 0 Å². The first-order valence-electron chi connectivity index (χ1n) is 7.88. The molecule has 1 aromatic heterocycles. The number of esters is 1. The van der Waals surface area contributed by atoms with Gasteiger partial charge in [0.1, 0.15) is 0 Å². The average molecular weight is 351 g/mol. The summed E-state index contributed by atoms with van der Waals surface area (Å²) >= 11 is 1.38. The maximum Gasteiger partial charge on any atom is 0.338 e. The third-order valence-electron chi connectivity index (χ3n) is 3.59. The topological polar surface area (TPSA) is 55.4 Å². The van der Waals surface area contributed by atoms with Gasteiger partial charge in [-0.25, -0.2) is 4.79 Å². The minimum absolute atomic E-state index is 0.159. The lowest BCUT2D eigenvalue weighted by Gasteiger charge is -2.07. The number of hydrogen-bond acceptors (Lipinski definition) is 4. The summed E-state index contributed by atoms with van der Waals surface area (Å²) in [6.07, 6.45) is 0.682. The van der Waals surface area contributed by atoms with Crippen molar-refractivity contribution in [3.8, 4) is 0 Å². The van der Waals surface area contributed by atoms with Crippen LogP contribution >= 0.6 is 11.3 Å². The average Bonchev–Trinajstić information content (AvgIpc) is 3.18. The number of carbonyl (C=O) groups excluding carboxylic acids is 2. The molecule has 126 valence electrons. The molecule has 1 amide bonds. The Bertz CT molecular complexity index is 827. The van der Waals surface area contributed by atoms with Crippen molar-refractivity contribution in [3.63, 3.8) is 0 Å². The summed E-state index contributed by atoms with van der Waals surface area (Å²) in [7, 11) is 0. The van der Waals surface area contributed by atoms with E-state index in [-0.39, 0.29) is 11.9 Å². The summed E-state index contributed by atoms with van der Waals surface area (Å²) in [4.78, 5) is 24.7. The van der Waals surface area contributed by atoms with Crippen LogP contribution in [0, 0.1) is 0 Å². The molecule has 1 heterocycles. The van der Waals surface area contributed by atoms with Gasteiger partial charge >= 0.3 is 5.97 Å². The van der Waals surface area contributed by atoms with E-state index in [1.807, 2.05) is 41.8 Å². The number of thiophene rings is 1. The molecule has 0 spiro atoms. The second kappa shape index (κ2) is 8.26. The number of amides is 1. The second-order valence-electron chi connectivity index (χ2n) is 5.38. The van der Waals surface area contributed by atoms with Gasteiger partial charge in [0.25, 0.3) is 5.91 Å². The van der Waals surface area contributed by atoms with Crippen molar-refractivity contribution in [2.75, 3.05) is 11.9 Å². The molecular weight excluding hydrogens is 334 g/mol. The van der Waals surface area contributed by atoms with E-state index in [0.717, 1.165) is 5.56 Å². The molecule has 2 aromatic carbocycles. The van der Waals surface area contributed by atoms with Gasteiger partial charge in [-0.15, -0.1) is 11.3 Å². The van der Waals surface area contributed by atoms with E-state index in [9.17, 15) is 9.59 Å². The predicted octanol–water partition coefficient (Wildman–Crippen LogP) is 4.40. The van der Waals surface area contributed by atoms with Crippen molar-refractivity contribution < 1.29 is 14.3 Å². The summed E-state index contributed by atoms with van der Waals surface area (Å²) in [6, 6.07) is 20.1. The zero-order valence-corrected chi connectivity index (χ0v) is 14.3. The van der Waals surface area contributed by atoms with Gasteiger partial charge in [-0.05, 0) is 41.3 Å². The third kappa shape index (κ3) is 4.78. The van der Waals surface area contributed by atoms with Gasteiger partial charge in [-0.1, -0.05) is 36.4 Å². The van der Waals surface area contributed by atoms with Crippen LogP contribution in [0.4, 0.5) is 5.69 Å². The Morgan fingerprint density at radius 2 is 1.68 bits per heavy atom. The maximum atomic E-state index is 12.0. The first kappa shape index (κ1) is 16.9. The second-order valence-corrected chi connectivity index (χ2v) is 6.33. The highest BCUT2D eigenvalue weighted by molar-refractivity contribution is 7.12. The fraction of sp³-hybridized carbons (Fsp3) is 0.100. The van der Waals surface area contributed by atoms with E-state index >= 15 is 0 Å². The highest BCUT2D eigenvalue weighted by Gasteiger charge is 2.09. The van der Waals surface area contributed by atoms with Gasteiger partial charge < -0.3 is 10.1 Å². The Hall–Kier alpha value is -2.92. The number of anilines is 1. The molecule has 3 aromatic rings. The molecule has 0 bridgehead atoms. The third-order valence-corrected chi connectivity index (χ3v) is 4.46. The largest absolute Gasteiger partial charge is 0.462 e. The lowest BCUT2D eigenvalue weighted by Crippen LogP contribution is -2.11. The van der Waals surface area contributed by atoms with Crippen LogP contribution in [0.2, 0.25) is 0 Å². The Kier molecular flexibility index (Phi) is 5.59. The summed E-state index contributed by atoms with van der Waals surface area (Å²) in [5.74, 6) is -0.528. The van der Waals surface area contributed by atoms with Crippen molar-refractivity contribution in [2.45, 2.75) is 6.42 Å². The first-order chi connectivity index (χ1) is 12.2. The number of carbonyl (C=O) groups is 2. The fourth-order valence-corrected chi connectivity index (χ4v) is 2.90. The van der Waals surface area contributed by atoms with Crippen LogP contribution in [0.15, 0.2) is 72.1 Å². The molecule has 0 aliphatic carbocycles. The Morgan fingerprint density at radius 1 is 0.920 bits per heavy atom. The van der Waals surface area contributed by atoms with Crippen LogP contribution < -0.4 is 5.32 Å². The van der Waals surface area contributed by atoms with E-state index in [1.165, 1.54) is 11.3 Å². The molecule has 0 fully saturated rings. The number of ether oxygens (including phenoxy) is 1. The molecule has 0 aliphatic heterocycles. The zero-order chi connectivity index (χ0) is 17.5. The molecule has 1 N–H and O–H groups in total.